The molecule has 0 aliphatic heterocycles. The lowest BCUT2D eigenvalue weighted by Crippen LogP contribution is -2.41. The zero-order valence-corrected chi connectivity index (χ0v) is 12.2. The molecule has 0 aromatic heterocycles. The molecule has 0 atom stereocenters. The van der Waals surface area contributed by atoms with Crippen LogP contribution < -0.4 is 10.9 Å². The van der Waals surface area contributed by atoms with Crippen molar-refractivity contribution in [3.05, 3.63) is 35.4 Å². The average Bonchev–Trinajstić information content (AvgIpc) is 2.42. The first kappa shape index (κ1) is 16.0. The van der Waals surface area contributed by atoms with Crippen LogP contribution in [-0.4, -0.2) is 23.9 Å². The SMILES string of the molecule is CC(C)N=NC(=O)c1ccc(C(=O)NNC(C)C)cc1. The zero-order chi connectivity index (χ0) is 15.1. The van der Waals surface area contributed by atoms with E-state index in [1.54, 1.807) is 24.3 Å². The Bertz CT molecular complexity index is 492. The first-order valence-electron chi connectivity index (χ1n) is 6.51. The molecule has 2 amide bonds. The molecule has 0 heterocycles. The normalized spacial score (nSPS) is 11.3. The van der Waals surface area contributed by atoms with Gasteiger partial charge in [0.15, 0.2) is 0 Å². The molecule has 2 N–H and O–H groups in total. The lowest BCUT2D eigenvalue weighted by molar-refractivity contribution is 0.0925. The maximum atomic E-state index is 11.7. The van der Waals surface area contributed by atoms with Crippen LogP contribution in [0.1, 0.15) is 48.4 Å². The molecule has 1 aromatic carbocycles. The van der Waals surface area contributed by atoms with E-state index in [0.717, 1.165) is 0 Å². The van der Waals surface area contributed by atoms with Crippen LogP contribution in [0.5, 0.6) is 0 Å². The van der Waals surface area contributed by atoms with Gasteiger partial charge in [-0.15, -0.1) is 5.11 Å². The molecular weight excluding hydrogens is 256 g/mol. The molecule has 0 saturated carbocycles. The standard InChI is InChI=1S/C14H20N4O2/c1-9(2)15-17-13(19)11-5-7-12(8-6-11)14(20)18-16-10(3)4/h5-10,15H,1-4H3,(H,17,19). The second kappa shape index (κ2) is 7.49. The smallest absolute Gasteiger partial charge is 0.287 e. The van der Waals surface area contributed by atoms with Crippen LogP contribution in [0, 0.1) is 0 Å². The molecule has 0 fully saturated rings. The number of hydrazine groups is 1. The van der Waals surface area contributed by atoms with E-state index in [4.69, 9.17) is 0 Å². The summed E-state index contributed by atoms with van der Waals surface area (Å²) in [5.41, 5.74) is 6.26. The van der Waals surface area contributed by atoms with Crippen molar-refractivity contribution in [1.29, 1.82) is 0 Å². The van der Waals surface area contributed by atoms with Gasteiger partial charge in [-0.1, -0.05) is 0 Å². The molecule has 6 heteroatoms. The van der Waals surface area contributed by atoms with E-state index >= 15 is 0 Å². The first-order chi connectivity index (χ1) is 9.40. The second-order valence-corrected chi connectivity index (χ2v) is 4.94. The van der Waals surface area contributed by atoms with Gasteiger partial charge >= 0.3 is 0 Å². The van der Waals surface area contributed by atoms with E-state index in [-0.39, 0.29) is 18.0 Å². The fourth-order valence-electron chi connectivity index (χ4n) is 1.27. The highest BCUT2D eigenvalue weighted by atomic mass is 16.2. The number of amides is 2. The number of hydrogen-bond acceptors (Lipinski definition) is 4. The third-order valence-corrected chi connectivity index (χ3v) is 2.25. The summed E-state index contributed by atoms with van der Waals surface area (Å²) < 4.78 is 0. The molecule has 0 aliphatic carbocycles. The predicted molar refractivity (Wildman–Crippen MR) is 76.5 cm³/mol. The minimum Gasteiger partial charge on any atom is -0.287 e. The molecular formula is C14H20N4O2. The average molecular weight is 276 g/mol. The van der Waals surface area contributed by atoms with Gasteiger partial charge < -0.3 is 0 Å². The van der Waals surface area contributed by atoms with Crippen molar-refractivity contribution in [2.45, 2.75) is 39.8 Å². The van der Waals surface area contributed by atoms with Gasteiger partial charge in [0.1, 0.15) is 0 Å². The van der Waals surface area contributed by atoms with E-state index in [0.29, 0.717) is 11.1 Å². The first-order valence-corrected chi connectivity index (χ1v) is 6.51. The van der Waals surface area contributed by atoms with Crippen molar-refractivity contribution in [3.63, 3.8) is 0 Å². The van der Waals surface area contributed by atoms with Crippen LogP contribution in [0.4, 0.5) is 0 Å². The van der Waals surface area contributed by atoms with Gasteiger partial charge in [-0.3, -0.25) is 15.0 Å². The van der Waals surface area contributed by atoms with Gasteiger partial charge in [0.05, 0.1) is 6.04 Å². The topological polar surface area (TPSA) is 82.9 Å². The van der Waals surface area contributed by atoms with Gasteiger partial charge in [-0.05, 0) is 52.0 Å². The summed E-state index contributed by atoms with van der Waals surface area (Å²) in [6.07, 6.45) is 0. The van der Waals surface area contributed by atoms with Crippen molar-refractivity contribution in [3.8, 4) is 0 Å². The highest BCUT2D eigenvalue weighted by molar-refractivity contribution is 5.97. The van der Waals surface area contributed by atoms with Crippen molar-refractivity contribution >= 4 is 11.8 Å². The van der Waals surface area contributed by atoms with E-state index in [1.165, 1.54) is 0 Å². The Hall–Kier alpha value is -2.08. The Morgan fingerprint density at radius 1 is 1.00 bits per heavy atom. The number of azo groups is 1. The monoisotopic (exact) mass is 276 g/mol. The summed E-state index contributed by atoms with van der Waals surface area (Å²) in [6, 6.07) is 6.41. The lowest BCUT2D eigenvalue weighted by Gasteiger charge is -2.09. The molecule has 0 spiro atoms. The fourth-order valence-corrected chi connectivity index (χ4v) is 1.27. The van der Waals surface area contributed by atoms with Gasteiger partial charge in [-0.2, -0.15) is 5.11 Å². The lowest BCUT2D eigenvalue weighted by atomic mass is 10.1. The summed E-state index contributed by atoms with van der Waals surface area (Å²) in [6.45, 7) is 7.52. The summed E-state index contributed by atoms with van der Waals surface area (Å²) in [4.78, 5) is 23.4. The highest BCUT2D eigenvalue weighted by Crippen LogP contribution is 2.06. The Kier molecular flexibility index (Phi) is 5.99. The Labute approximate surface area is 118 Å². The Balaban J connectivity index is 2.69. The number of nitrogens with zero attached hydrogens (tertiary/aromatic N) is 2. The summed E-state index contributed by atoms with van der Waals surface area (Å²) in [7, 11) is 0. The summed E-state index contributed by atoms with van der Waals surface area (Å²) in [5, 5.41) is 7.39. The summed E-state index contributed by atoms with van der Waals surface area (Å²) >= 11 is 0. The van der Waals surface area contributed by atoms with Crippen LogP contribution in [0.15, 0.2) is 34.5 Å². The maximum Gasteiger partial charge on any atom is 0.295 e. The van der Waals surface area contributed by atoms with Gasteiger partial charge in [0, 0.05) is 17.2 Å². The molecule has 1 aromatic rings. The van der Waals surface area contributed by atoms with E-state index < -0.39 is 5.91 Å². The molecule has 0 bridgehead atoms. The largest absolute Gasteiger partial charge is 0.295 e. The van der Waals surface area contributed by atoms with Crippen LogP contribution in [0.3, 0.4) is 0 Å². The van der Waals surface area contributed by atoms with E-state index in [1.807, 2.05) is 27.7 Å². The fraction of sp³-hybridized carbons (Fsp3) is 0.429. The van der Waals surface area contributed by atoms with Gasteiger partial charge in [-0.25, -0.2) is 5.43 Å². The molecule has 0 radical (unpaired) electrons. The number of nitrogens with one attached hydrogen (secondary N) is 2. The van der Waals surface area contributed by atoms with Crippen molar-refractivity contribution in [2.75, 3.05) is 0 Å². The Morgan fingerprint density at radius 2 is 1.55 bits per heavy atom. The van der Waals surface area contributed by atoms with Crippen molar-refractivity contribution < 1.29 is 9.59 Å². The van der Waals surface area contributed by atoms with Crippen molar-refractivity contribution in [2.24, 2.45) is 10.2 Å². The van der Waals surface area contributed by atoms with Crippen LogP contribution in [0.2, 0.25) is 0 Å². The third-order valence-electron chi connectivity index (χ3n) is 2.25. The molecule has 0 unspecified atom stereocenters. The van der Waals surface area contributed by atoms with Crippen LogP contribution in [-0.2, 0) is 0 Å². The van der Waals surface area contributed by atoms with E-state index in [2.05, 4.69) is 21.1 Å². The number of rotatable bonds is 5. The van der Waals surface area contributed by atoms with Crippen LogP contribution >= 0.6 is 0 Å². The summed E-state index contributed by atoms with van der Waals surface area (Å²) in [5.74, 6) is -0.660. The number of carbonyl (C=O) groups is 2. The molecule has 0 aliphatic rings. The molecule has 20 heavy (non-hydrogen) atoms. The predicted octanol–water partition coefficient (Wildman–Crippen LogP) is 2.33. The molecule has 108 valence electrons. The van der Waals surface area contributed by atoms with Gasteiger partial charge in [0.25, 0.3) is 11.8 Å². The number of hydrogen-bond donors (Lipinski definition) is 2. The third kappa shape index (κ3) is 5.27. The molecule has 6 nitrogen and oxygen atoms in total. The molecule has 1 rings (SSSR count). The van der Waals surface area contributed by atoms with E-state index in [9.17, 15) is 9.59 Å². The Morgan fingerprint density at radius 3 is 2.05 bits per heavy atom. The second-order valence-electron chi connectivity index (χ2n) is 4.94. The number of carbonyl (C=O) groups excluding carboxylic acids is 2. The zero-order valence-electron chi connectivity index (χ0n) is 12.2. The van der Waals surface area contributed by atoms with Crippen LogP contribution in [0.25, 0.3) is 0 Å². The number of benzene rings is 1. The minimum absolute atomic E-state index is 0.0221. The van der Waals surface area contributed by atoms with Gasteiger partial charge in [0.2, 0.25) is 0 Å². The highest BCUT2D eigenvalue weighted by Gasteiger charge is 2.08. The van der Waals surface area contributed by atoms with Crippen molar-refractivity contribution in [1.82, 2.24) is 10.9 Å². The molecule has 0 saturated heterocycles. The quantitative estimate of drug-likeness (QED) is 0.639. The maximum absolute atomic E-state index is 11.7. The minimum atomic E-state index is -0.411.